The SMILES string of the molecule is CCCC1CCCCN1c1c(C)cccc1C(N)=S. The van der Waals surface area contributed by atoms with Crippen molar-refractivity contribution in [2.45, 2.75) is 52.0 Å². The van der Waals surface area contributed by atoms with Crippen molar-refractivity contribution in [2.75, 3.05) is 11.4 Å². The van der Waals surface area contributed by atoms with Gasteiger partial charge in [0, 0.05) is 18.2 Å². The van der Waals surface area contributed by atoms with Gasteiger partial charge in [0.1, 0.15) is 4.99 Å². The van der Waals surface area contributed by atoms with Gasteiger partial charge in [0.25, 0.3) is 0 Å². The molecule has 0 amide bonds. The van der Waals surface area contributed by atoms with Crippen LogP contribution < -0.4 is 10.6 Å². The Kier molecular flexibility index (Phi) is 4.81. The van der Waals surface area contributed by atoms with Gasteiger partial charge >= 0.3 is 0 Å². The van der Waals surface area contributed by atoms with Crippen molar-refractivity contribution in [3.63, 3.8) is 0 Å². The topological polar surface area (TPSA) is 29.3 Å². The van der Waals surface area contributed by atoms with E-state index in [-0.39, 0.29) is 0 Å². The second-order valence-corrected chi connectivity index (χ2v) is 5.91. The lowest BCUT2D eigenvalue weighted by Crippen LogP contribution is -2.41. The lowest BCUT2D eigenvalue weighted by atomic mass is 9.95. The molecule has 1 unspecified atom stereocenters. The molecule has 3 heteroatoms. The summed E-state index contributed by atoms with van der Waals surface area (Å²) in [4.78, 5) is 3.07. The maximum atomic E-state index is 5.91. The van der Waals surface area contributed by atoms with E-state index in [9.17, 15) is 0 Å². The average Bonchev–Trinajstić information content (AvgIpc) is 2.40. The van der Waals surface area contributed by atoms with Crippen molar-refractivity contribution < 1.29 is 0 Å². The molecule has 1 aromatic rings. The van der Waals surface area contributed by atoms with E-state index in [0.717, 1.165) is 12.1 Å². The first-order valence-electron chi connectivity index (χ1n) is 7.31. The minimum atomic E-state index is 0.513. The summed E-state index contributed by atoms with van der Waals surface area (Å²) < 4.78 is 0. The molecular weight excluding hydrogens is 252 g/mol. The Morgan fingerprint density at radius 2 is 2.21 bits per heavy atom. The third-order valence-corrected chi connectivity index (χ3v) is 4.26. The first-order chi connectivity index (χ1) is 9.15. The Labute approximate surface area is 122 Å². The van der Waals surface area contributed by atoms with Crippen LogP contribution in [0.3, 0.4) is 0 Å². The monoisotopic (exact) mass is 276 g/mol. The summed E-state index contributed by atoms with van der Waals surface area (Å²) in [7, 11) is 0. The smallest absolute Gasteiger partial charge is 0.106 e. The van der Waals surface area contributed by atoms with Crippen LogP contribution in [0.5, 0.6) is 0 Å². The third kappa shape index (κ3) is 3.08. The Hall–Kier alpha value is -1.09. The molecule has 2 rings (SSSR count). The third-order valence-electron chi connectivity index (χ3n) is 4.04. The lowest BCUT2D eigenvalue weighted by Gasteiger charge is -2.39. The molecular formula is C16H24N2S. The fraction of sp³-hybridized carbons (Fsp3) is 0.562. The Morgan fingerprint density at radius 3 is 2.89 bits per heavy atom. The number of hydrogen-bond donors (Lipinski definition) is 1. The number of para-hydroxylation sites is 1. The molecule has 104 valence electrons. The van der Waals surface area contributed by atoms with Gasteiger partial charge in [-0.2, -0.15) is 0 Å². The second kappa shape index (κ2) is 6.38. The summed E-state index contributed by atoms with van der Waals surface area (Å²) in [6.45, 7) is 5.55. The Morgan fingerprint density at radius 1 is 1.42 bits per heavy atom. The van der Waals surface area contributed by atoms with Crippen molar-refractivity contribution in [1.82, 2.24) is 0 Å². The molecule has 0 radical (unpaired) electrons. The van der Waals surface area contributed by atoms with Crippen molar-refractivity contribution in [3.05, 3.63) is 29.3 Å². The fourth-order valence-corrected chi connectivity index (χ4v) is 3.33. The summed E-state index contributed by atoms with van der Waals surface area (Å²) in [6, 6.07) is 6.91. The molecule has 19 heavy (non-hydrogen) atoms. The van der Waals surface area contributed by atoms with Crippen LogP contribution >= 0.6 is 12.2 Å². The van der Waals surface area contributed by atoms with Gasteiger partial charge in [-0.3, -0.25) is 0 Å². The van der Waals surface area contributed by atoms with Gasteiger partial charge in [-0.05, 0) is 44.2 Å². The highest BCUT2D eigenvalue weighted by Gasteiger charge is 2.25. The van der Waals surface area contributed by atoms with Crippen LogP contribution in [0.2, 0.25) is 0 Å². The zero-order valence-electron chi connectivity index (χ0n) is 12.0. The summed E-state index contributed by atoms with van der Waals surface area (Å²) in [5, 5.41) is 0. The molecule has 0 saturated carbocycles. The van der Waals surface area contributed by atoms with Crippen molar-refractivity contribution in [2.24, 2.45) is 5.73 Å². The molecule has 1 fully saturated rings. The molecule has 1 aromatic carbocycles. The van der Waals surface area contributed by atoms with Crippen LogP contribution in [-0.4, -0.2) is 17.6 Å². The molecule has 1 saturated heterocycles. The van der Waals surface area contributed by atoms with Crippen LogP contribution in [0.25, 0.3) is 0 Å². The zero-order valence-corrected chi connectivity index (χ0v) is 12.8. The number of aryl methyl sites for hydroxylation is 1. The molecule has 0 aromatic heterocycles. The molecule has 0 spiro atoms. The number of hydrogen-bond acceptors (Lipinski definition) is 2. The Balaban J connectivity index is 2.40. The van der Waals surface area contributed by atoms with Gasteiger partial charge in [-0.1, -0.05) is 37.7 Å². The zero-order chi connectivity index (χ0) is 13.8. The number of nitrogens with zero attached hydrogens (tertiary/aromatic N) is 1. The maximum absolute atomic E-state index is 5.91. The molecule has 1 heterocycles. The van der Waals surface area contributed by atoms with E-state index in [2.05, 4.69) is 30.9 Å². The average molecular weight is 276 g/mol. The highest BCUT2D eigenvalue weighted by Crippen LogP contribution is 2.32. The highest BCUT2D eigenvalue weighted by molar-refractivity contribution is 7.80. The predicted molar refractivity (Wildman–Crippen MR) is 87.0 cm³/mol. The number of benzene rings is 1. The van der Waals surface area contributed by atoms with Gasteiger partial charge in [0.15, 0.2) is 0 Å². The lowest BCUT2D eigenvalue weighted by molar-refractivity contribution is 0.434. The van der Waals surface area contributed by atoms with Crippen LogP contribution in [0.15, 0.2) is 18.2 Å². The van der Waals surface area contributed by atoms with E-state index in [4.69, 9.17) is 18.0 Å². The van der Waals surface area contributed by atoms with Crippen LogP contribution in [-0.2, 0) is 0 Å². The molecule has 0 bridgehead atoms. The van der Waals surface area contributed by atoms with Crippen LogP contribution in [0.1, 0.15) is 50.2 Å². The maximum Gasteiger partial charge on any atom is 0.106 e. The summed E-state index contributed by atoms with van der Waals surface area (Å²) in [6.07, 6.45) is 6.39. The van der Waals surface area contributed by atoms with E-state index in [1.807, 2.05) is 6.07 Å². The first-order valence-corrected chi connectivity index (χ1v) is 7.72. The molecule has 2 N–H and O–H groups in total. The normalized spacial score (nSPS) is 19.5. The van der Waals surface area contributed by atoms with E-state index in [0.29, 0.717) is 11.0 Å². The standard InChI is InChI=1S/C16H24N2S/c1-3-7-13-9-4-5-11-18(13)15-12(2)8-6-10-14(15)16(17)19/h6,8,10,13H,3-5,7,9,11H2,1-2H3,(H2,17,19). The Bertz CT molecular complexity index is 454. The van der Waals surface area contributed by atoms with Crippen molar-refractivity contribution in [3.8, 4) is 0 Å². The van der Waals surface area contributed by atoms with E-state index < -0.39 is 0 Å². The largest absolute Gasteiger partial charge is 0.389 e. The van der Waals surface area contributed by atoms with Crippen LogP contribution in [0, 0.1) is 6.92 Å². The van der Waals surface area contributed by atoms with Gasteiger partial charge < -0.3 is 10.6 Å². The number of thiocarbonyl (C=S) groups is 1. The number of rotatable bonds is 4. The van der Waals surface area contributed by atoms with Gasteiger partial charge in [-0.25, -0.2) is 0 Å². The van der Waals surface area contributed by atoms with E-state index in [1.165, 1.54) is 43.4 Å². The van der Waals surface area contributed by atoms with E-state index in [1.54, 1.807) is 0 Å². The van der Waals surface area contributed by atoms with E-state index >= 15 is 0 Å². The number of nitrogens with two attached hydrogens (primary N) is 1. The van der Waals surface area contributed by atoms with Crippen LogP contribution in [0.4, 0.5) is 5.69 Å². The first kappa shape index (κ1) is 14.3. The fourth-order valence-electron chi connectivity index (χ4n) is 3.17. The minimum Gasteiger partial charge on any atom is -0.389 e. The highest BCUT2D eigenvalue weighted by atomic mass is 32.1. The second-order valence-electron chi connectivity index (χ2n) is 5.47. The number of piperidine rings is 1. The molecule has 0 aliphatic carbocycles. The van der Waals surface area contributed by atoms with Gasteiger partial charge in [0.2, 0.25) is 0 Å². The van der Waals surface area contributed by atoms with Gasteiger partial charge in [0.05, 0.1) is 5.69 Å². The number of anilines is 1. The van der Waals surface area contributed by atoms with Gasteiger partial charge in [-0.15, -0.1) is 0 Å². The molecule has 1 atom stereocenters. The van der Waals surface area contributed by atoms with Crippen molar-refractivity contribution >= 4 is 22.9 Å². The summed E-state index contributed by atoms with van der Waals surface area (Å²) in [5.74, 6) is 0. The summed E-state index contributed by atoms with van der Waals surface area (Å²) in [5.41, 5.74) is 9.51. The molecule has 1 aliphatic heterocycles. The van der Waals surface area contributed by atoms with Crippen molar-refractivity contribution in [1.29, 1.82) is 0 Å². The predicted octanol–water partition coefficient (Wildman–Crippen LogP) is 3.79. The molecule has 1 aliphatic rings. The molecule has 2 nitrogen and oxygen atoms in total. The quantitative estimate of drug-likeness (QED) is 0.848. The summed E-state index contributed by atoms with van der Waals surface area (Å²) >= 11 is 5.23. The minimum absolute atomic E-state index is 0.513.